The minimum atomic E-state index is -4.72. The molecule has 3 aromatic carbocycles. The van der Waals surface area contributed by atoms with Crippen LogP contribution in [0.5, 0.6) is 5.75 Å². The second kappa shape index (κ2) is 13.5. The molecule has 2 aliphatic rings. The average molecular weight is 636 g/mol. The van der Waals surface area contributed by atoms with Crippen molar-refractivity contribution in [1.29, 1.82) is 0 Å². The highest BCUT2D eigenvalue weighted by Crippen LogP contribution is 2.37. The Morgan fingerprint density at radius 3 is 2.28 bits per heavy atom. The number of carbonyl (C=O) groups excluding carboxylic acids is 1. The number of tetrazole rings is 1. The summed E-state index contributed by atoms with van der Waals surface area (Å²) in [5, 5.41) is 10.1. The third kappa shape index (κ3) is 6.56. The Bertz CT molecular complexity index is 1580. The fourth-order valence-electron chi connectivity index (χ4n) is 6.77. The number of amides is 1. The number of alkyl halides is 3. The van der Waals surface area contributed by atoms with Gasteiger partial charge < -0.3 is 14.4 Å². The molecular weight excluding hydrogens is 599 g/mol. The van der Waals surface area contributed by atoms with Crippen LogP contribution in [-0.4, -0.2) is 99.5 Å². The predicted octanol–water partition coefficient (Wildman–Crippen LogP) is 4.85. The van der Waals surface area contributed by atoms with Gasteiger partial charge in [0.1, 0.15) is 5.75 Å². The molecule has 1 aromatic heterocycles. The molecule has 0 N–H and O–H groups in total. The number of piperazine rings is 2. The van der Waals surface area contributed by atoms with E-state index in [0.29, 0.717) is 61.9 Å². The Kier molecular flexibility index (Phi) is 9.22. The fraction of sp³-hybridized carbons (Fsp3) is 0.394. The molecular formula is C33H36F3N7O3. The molecule has 2 aliphatic heterocycles. The summed E-state index contributed by atoms with van der Waals surface area (Å²) in [6.07, 6.45) is -5.04. The Balaban J connectivity index is 1.37. The summed E-state index contributed by atoms with van der Waals surface area (Å²) in [6, 6.07) is 25.6. The van der Waals surface area contributed by atoms with Crippen LogP contribution >= 0.6 is 0 Å². The number of methoxy groups -OCH3 is 1. The normalized spacial score (nSPS) is 19.2. The lowest BCUT2D eigenvalue weighted by Gasteiger charge is -2.53. The molecule has 0 saturated carbocycles. The van der Waals surface area contributed by atoms with Gasteiger partial charge in [-0.25, -0.2) is 4.79 Å². The smallest absolute Gasteiger partial charge is 0.453 e. The maximum absolute atomic E-state index is 13.6. The molecule has 1 amide bonds. The van der Waals surface area contributed by atoms with E-state index in [1.54, 1.807) is 24.0 Å². The molecule has 0 bridgehead atoms. The minimum absolute atomic E-state index is 0.00245. The van der Waals surface area contributed by atoms with Crippen LogP contribution in [0.3, 0.4) is 0 Å². The van der Waals surface area contributed by atoms with E-state index in [1.165, 1.54) is 24.3 Å². The van der Waals surface area contributed by atoms with Gasteiger partial charge in [-0.2, -0.15) is 17.9 Å². The van der Waals surface area contributed by atoms with Crippen LogP contribution in [0.2, 0.25) is 0 Å². The van der Waals surface area contributed by atoms with Crippen molar-refractivity contribution in [1.82, 2.24) is 34.9 Å². The van der Waals surface area contributed by atoms with Crippen LogP contribution in [0.15, 0.2) is 78.9 Å². The lowest BCUT2D eigenvalue weighted by molar-refractivity contribution is -0.146. The Hall–Kier alpha value is -4.49. The van der Waals surface area contributed by atoms with E-state index in [9.17, 15) is 18.0 Å². The molecule has 0 aliphatic carbocycles. The number of fused-ring (bicyclic) bond motifs is 1. The Morgan fingerprint density at radius 1 is 0.957 bits per heavy atom. The number of carbonyl (C=O) groups is 1. The van der Waals surface area contributed by atoms with E-state index in [1.807, 2.05) is 36.4 Å². The zero-order valence-electron chi connectivity index (χ0n) is 25.7. The molecule has 6 rings (SSSR count). The van der Waals surface area contributed by atoms with Gasteiger partial charge in [-0.15, -0.1) is 5.10 Å². The van der Waals surface area contributed by atoms with E-state index in [2.05, 4.69) is 49.6 Å². The van der Waals surface area contributed by atoms with Gasteiger partial charge in [-0.05, 0) is 46.7 Å². The van der Waals surface area contributed by atoms with Crippen molar-refractivity contribution in [2.45, 2.75) is 37.6 Å². The molecule has 2 saturated heterocycles. The summed E-state index contributed by atoms with van der Waals surface area (Å²) in [7, 11) is 1.54. The molecule has 4 aromatic rings. The number of benzene rings is 3. The van der Waals surface area contributed by atoms with E-state index in [4.69, 9.17) is 9.47 Å². The standard InChI is InChI=1S/C33H36F3N7O3/c1-3-46-32(44)41-16-17-42-27(21-41)20-40(22-28(42)30(23-10-6-4-7-11-23)24-12-8-5-9-13-24)19-25-18-26(14-15-29(25)45-2)43-31(33(34,35)36)37-38-39-43/h4-15,18,27-28,30H,3,16-17,19-22H2,1-2H3/t27-,28+/m1/s1. The van der Waals surface area contributed by atoms with Gasteiger partial charge in [0.05, 0.1) is 19.4 Å². The Morgan fingerprint density at radius 2 is 1.65 bits per heavy atom. The number of halogens is 3. The van der Waals surface area contributed by atoms with Crippen molar-refractivity contribution in [3.63, 3.8) is 0 Å². The van der Waals surface area contributed by atoms with E-state index in [-0.39, 0.29) is 29.8 Å². The molecule has 0 radical (unpaired) electrons. The summed E-state index contributed by atoms with van der Waals surface area (Å²) >= 11 is 0. The van der Waals surface area contributed by atoms with Gasteiger partial charge in [0.25, 0.3) is 5.82 Å². The van der Waals surface area contributed by atoms with Gasteiger partial charge in [0, 0.05) is 62.8 Å². The van der Waals surface area contributed by atoms with Crippen molar-refractivity contribution in [3.05, 3.63) is 101 Å². The summed E-state index contributed by atoms with van der Waals surface area (Å²) in [5.41, 5.74) is 3.25. The summed E-state index contributed by atoms with van der Waals surface area (Å²) in [6.45, 7) is 5.56. The first-order valence-electron chi connectivity index (χ1n) is 15.3. The number of hydrogen-bond acceptors (Lipinski definition) is 8. The maximum Gasteiger partial charge on any atom is 0.453 e. The van der Waals surface area contributed by atoms with Crippen LogP contribution < -0.4 is 4.74 Å². The van der Waals surface area contributed by atoms with Crippen molar-refractivity contribution in [3.8, 4) is 11.4 Å². The van der Waals surface area contributed by atoms with Crippen molar-refractivity contribution >= 4 is 6.09 Å². The first kappa shape index (κ1) is 31.5. The molecule has 46 heavy (non-hydrogen) atoms. The third-order valence-corrected chi connectivity index (χ3v) is 8.72. The number of ether oxygens (including phenoxy) is 2. The lowest BCUT2D eigenvalue weighted by Crippen LogP contribution is -2.67. The van der Waals surface area contributed by atoms with Crippen molar-refractivity contribution in [2.24, 2.45) is 0 Å². The van der Waals surface area contributed by atoms with E-state index in [0.717, 1.165) is 0 Å². The van der Waals surface area contributed by atoms with Crippen molar-refractivity contribution < 1.29 is 27.4 Å². The largest absolute Gasteiger partial charge is 0.496 e. The SMILES string of the molecule is CCOC(=O)N1CCN2[C@H](CN(Cc3cc(-n4nnnc4C(F)(F)F)ccc3OC)C[C@H]2C(c2ccccc2)c2ccccc2)C1. The average Bonchev–Trinajstić information content (AvgIpc) is 3.57. The van der Waals surface area contributed by atoms with Crippen LogP contribution in [0.25, 0.3) is 5.69 Å². The number of aromatic nitrogens is 4. The summed E-state index contributed by atoms with van der Waals surface area (Å²) < 4.78 is 52.6. The first-order valence-corrected chi connectivity index (χ1v) is 15.3. The second-order valence-electron chi connectivity index (χ2n) is 11.5. The molecule has 3 heterocycles. The van der Waals surface area contributed by atoms with Gasteiger partial charge in [-0.1, -0.05) is 60.7 Å². The number of rotatable bonds is 8. The molecule has 242 valence electrons. The highest BCUT2D eigenvalue weighted by Gasteiger charge is 2.43. The monoisotopic (exact) mass is 635 g/mol. The van der Waals surface area contributed by atoms with Gasteiger partial charge >= 0.3 is 12.3 Å². The van der Waals surface area contributed by atoms with Crippen molar-refractivity contribution in [2.75, 3.05) is 46.4 Å². The molecule has 13 heteroatoms. The van der Waals surface area contributed by atoms with E-state index >= 15 is 0 Å². The van der Waals surface area contributed by atoms with Gasteiger partial charge in [0.2, 0.25) is 0 Å². The maximum atomic E-state index is 13.6. The molecule has 0 spiro atoms. The van der Waals surface area contributed by atoms with Gasteiger partial charge in [0.15, 0.2) is 0 Å². The summed E-state index contributed by atoms with van der Waals surface area (Å²) in [5.74, 6) is -0.624. The third-order valence-electron chi connectivity index (χ3n) is 8.72. The highest BCUT2D eigenvalue weighted by atomic mass is 19.4. The second-order valence-corrected chi connectivity index (χ2v) is 11.5. The number of hydrogen-bond donors (Lipinski definition) is 0. The zero-order valence-corrected chi connectivity index (χ0v) is 25.7. The fourth-order valence-corrected chi connectivity index (χ4v) is 6.77. The topological polar surface area (TPSA) is 88.9 Å². The minimum Gasteiger partial charge on any atom is -0.496 e. The molecule has 10 nitrogen and oxygen atoms in total. The first-order chi connectivity index (χ1) is 22.3. The molecule has 0 unspecified atom stereocenters. The van der Waals surface area contributed by atoms with Crippen LogP contribution in [0.4, 0.5) is 18.0 Å². The molecule has 2 atom stereocenters. The lowest BCUT2D eigenvalue weighted by atomic mass is 9.81. The van der Waals surface area contributed by atoms with Crippen LogP contribution in [0, 0.1) is 0 Å². The zero-order chi connectivity index (χ0) is 32.3. The quantitative estimate of drug-likeness (QED) is 0.272. The summed E-state index contributed by atoms with van der Waals surface area (Å²) in [4.78, 5) is 19.4. The van der Waals surface area contributed by atoms with Crippen LogP contribution in [-0.2, 0) is 17.5 Å². The van der Waals surface area contributed by atoms with Crippen LogP contribution in [0.1, 0.15) is 35.4 Å². The predicted molar refractivity (Wildman–Crippen MR) is 164 cm³/mol. The highest BCUT2D eigenvalue weighted by molar-refractivity contribution is 5.67. The van der Waals surface area contributed by atoms with E-state index < -0.39 is 12.0 Å². The Labute approximate surface area is 265 Å². The molecule has 2 fully saturated rings. The number of nitrogens with zero attached hydrogens (tertiary/aromatic N) is 7. The van der Waals surface area contributed by atoms with Gasteiger partial charge in [-0.3, -0.25) is 9.80 Å².